The SMILES string of the molecule is CCN(Cc1ccccc1)C(=O)CNc1cc(Cl)ccc1Cl. The highest BCUT2D eigenvalue weighted by Gasteiger charge is 2.12. The second-order valence-electron chi connectivity index (χ2n) is 4.87. The first-order valence-electron chi connectivity index (χ1n) is 7.10. The van der Waals surface area contributed by atoms with Gasteiger partial charge >= 0.3 is 0 Å². The van der Waals surface area contributed by atoms with E-state index in [9.17, 15) is 4.79 Å². The highest BCUT2D eigenvalue weighted by atomic mass is 35.5. The van der Waals surface area contributed by atoms with E-state index in [1.807, 2.05) is 37.3 Å². The average Bonchev–Trinajstić information content (AvgIpc) is 2.54. The van der Waals surface area contributed by atoms with Gasteiger partial charge in [-0.3, -0.25) is 4.79 Å². The van der Waals surface area contributed by atoms with Gasteiger partial charge in [0.2, 0.25) is 5.91 Å². The van der Waals surface area contributed by atoms with Crippen molar-refractivity contribution in [3.8, 4) is 0 Å². The van der Waals surface area contributed by atoms with Crippen LogP contribution >= 0.6 is 23.2 Å². The summed E-state index contributed by atoms with van der Waals surface area (Å²) in [4.78, 5) is 14.1. The third kappa shape index (κ3) is 4.65. The normalized spacial score (nSPS) is 10.3. The van der Waals surface area contributed by atoms with Crippen molar-refractivity contribution in [1.29, 1.82) is 0 Å². The van der Waals surface area contributed by atoms with E-state index in [0.717, 1.165) is 5.56 Å². The van der Waals surface area contributed by atoms with Gasteiger partial charge in [0.05, 0.1) is 17.3 Å². The number of anilines is 1. The molecule has 2 rings (SSSR count). The van der Waals surface area contributed by atoms with E-state index < -0.39 is 0 Å². The molecule has 22 heavy (non-hydrogen) atoms. The molecule has 0 spiro atoms. The van der Waals surface area contributed by atoms with Crippen LogP contribution in [0.4, 0.5) is 5.69 Å². The molecule has 0 fully saturated rings. The Labute approximate surface area is 140 Å². The standard InChI is InChI=1S/C17H18Cl2N2O/c1-2-21(12-13-6-4-3-5-7-13)17(22)11-20-16-10-14(18)8-9-15(16)19/h3-10,20H,2,11-12H2,1H3. The summed E-state index contributed by atoms with van der Waals surface area (Å²) in [6, 6.07) is 15.1. The van der Waals surface area contributed by atoms with E-state index in [1.165, 1.54) is 0 Å². The van der Waals surface area contributed by atoms with E-state index in [-0.39, 0.29) is 12.5 Å². The van der Waals surface area contributed by atoms with Gasteiger partial charge in [0, 0.05) is 18.1 Å². The van der Waals surface area contributed by atoms with E-state index in [2.05, 4.69) is 5.32 Å². The van der Waals surface area contributed by atoms with E-state index in [1.54, 1.807) is 23.1 Å². The molecule has 0 radical (unpaired) electrons. The number of hydrogen-bond acceptors (Lipinski definition) is 2. The van der Waals surface area contributed by atoms with Crippen LogP contribution in [0.1, 0.15) is 12.5 Å². The average molecular weight is 337 g/mol. The molecule has 1 amide bonds. The minimum absolute atomic E-state index is 0.0161. The monoisotopic (exact) mass is 336 g/mol. The summed E-state index contributed by atoms with van der Waals surface area (Å²) in [5.41, 5.74) is 1.77. The fourth-order valence-electron chi connectivity index (χ4n) is 2.10. The summed E-state index contributed by atoms with van der Waals surface area (Å²) in [6.07, 6.45) is 0. The minimum atomic E-state index is 0.0161. The third-order valence-corrected chi connectivity index (χ3v) is 3.87. The molecule has 0 heterocycles. The van der Waals surface area contributed by atoms with Crippen LogP contribution in [0.25, 0.3) is 0 Å². The van der Waals surface area contributed by atoms with Crippen molar-refractivity contribution in [3.05, 3.63) is 64.1 Å². The van der Waals surface area contributed by atoms with E-state index >= 15 is 0 Å². The summed E-state index contributed by atoms with van der Waals surface area (Å²) >= 11 is 12.0. The number of carbonyl (C=O) groups is 1. The van der Waals surface area contributed by atoms with Crippen LogP contribution < -0.4 is 5.32 Å². The number of amides is 1. The molecular formula is C17H18Cl2N2O. The maximum atomic E-state index is 12.3. The van der Waals surface area contributed by atoms with E-state index in [0.29, 0.717) is 28.8 Å². The summed E-state index contributed by atoms with van der Waals surface area (Å²) in [5.74, 6) is 0.0161. The van der Waals surface area contributed by atoms with Gasteiger partial charge in [0.15, 0.2) is 0 Å². The Morgan fingerprint density at radius 3 is 2.55 bits per heavy atom. The molecule has 0 bridgehead atoms. The molecule has 3 nitrogen and oxygen atoms in total. The second-order valence-corrected chi connectivity index (χ2v) is 5.71. The van der Waals surface area contributed by atoms with Gasteiger partial charge in [-0.05, 0) is 30.7 Å². The number of nitrogens with one attached hydrogen (secondary N) is 1. The maximum Gasteiger partial charge on any atom is 0.242 e. The molecule has 116 valence electrons. The molecule has 1 N–H and O–H groups in total. The first-order chi connectivity index (χ1) is 10.6. The topological polar surface area (TPSA) is 32.3 Å². The number of carbonyl (C=O) groups excluding carboxylic acids is 1. The molecule has 0 aliphatic carbocycles. The lowest BCUT2D eigenvalue weighted by molar-refractivity contribution is -0.129. The van der Waals surface area contributed by atoms with Crippen molar-refractivity contribution in [2.45, 2.75) is 13.5 Å². The lowest BCUT2D eigenvalue weighted by Gasteiger charge is -2.21. The second kappa shape index (κ2) is 8.06. The van der Waals surface area contributed by atoms with Gasteiger partial charge in [-0.1, -0.05) is 53.5 Å². The number of nitrogens with zero attached hydrogens (tertiary/aromatic N) is 1. The molecule has 2 aromatic rings. The molecule has 0 aromatic heterocycles. The van der Waals surface area contributed by atoms with Gasteiger partial charge in [-0.25, -0.2) is 0 Å². The van der Waals surface area contributed by atoms with Crippen LogP contribution in [-0.2, 0) is 11.3 Å². The van der Waals surface area contributed by atoms with Crippen molar-refractivity contribution in [2.24, 2.45) is 0 Å². The zero-order valence-electron chi connectivity index (χ0n) is 12.4. The zero-order chi connectivity index (χ0) is 15.9. The van der Waals surface area contributed by atoms with Crippen LogP contribution in [0, 0.1) is 0 Å². The molecule has 0 aliphatic heterocycles. The first-order valence-corrected chi connectivity index (χ1v) is 7.86. The van der Waals surface area contributed by atoms with Gasteiger partial charge in [-0.2, -0.15) is 0 Å². The molecule has 0 saturated carbocycles. The number of benzene rings is 2. The predicted octanol–water partition coefficient (Wildman–Crippen LogP) is 4.45. The lowest BCUT2D eigenvalue weighted by atomic mass is 10.2. The van der Waals surface area contributed by atoms with Crippen molar-refractivity contribution in [1.82, 2.24) is 4.90 Å². The Morgan fingerprint density at radius 2 is 1.86 bits per heavy atom. The zero-order valence-corrected chi connectivity index (χ0v) is 13.9. The van der Waals surface area contributed by atoms with Crippen LogP contribution in [0.2, 0.25) is 10.0 Å². The summed E-state index contributed by atoms with van der Waals surface area (Å²) < 4.78 is 0. The number of halogens is 2. The fourth-order valence-corrected chi connectivity index (χ4v) is 2.45. The first kappa shape index (κ1) is 16.7. The molecule has 2 aromatic carbocycles. The van der Waals surface area contributed by atoms with Gasteiger partial charge < -0.3 is 10.2 Å². The molecule has 0 unspecified atom stereocenters. The number of likely N-dealkylation sites (N-methyl/N-ethyl adjacent to an activating group) is 1. The highest BCUT2D eigenvalue weighted by Crippen LogP contribution is 2.25. The van der Waals surface area contributed by atoms with Gasteiger partial charge in [0.25, 0.3) is 0 Å². The summed E-state index contributed by atoms with van der Waals surface area (Å²) in [7, 11) is 0. The molecule has 0 aliphatic rings. The van der Waals surface area contributed by atoms with Crippen LogP contribution in [0.3, 0.4) is 0 Å². The number of hydrogen-bond donors (Lipinski definition) is 1. The third-order valence-electron chi connectivity index (χ3n) is 3.31. The smallest absolute Gasteiger partial charge is 0.242 e. The maximum absolute atomic E-state index is 12.3. The predicted molar refractivity (Wildman–Crippen MR) is 92.5 cm³/mol. The molecular weight excluding hydrogens is 319 g/mol. The van der Waals surface area contributed by atoms with Crippen LogP contribution in [0.15, 0.2) is 48.5 Å². The van der Waals surface area contributed by atoms with Crippen molar-refractivity contribution in [2.75, 3.05) is 18.4 Å². The molecule has 0 atom stereocenters. The minimum Gasteiger partial charge on any atom is -0.375 e. The van der Waals surface area contributed by atoms with E-state index in [4.69, 9.17) is 23.2 Å². The molecule has 0 saturated heterocycles. The molecule has 5 heteroatoms. The van der Waals surface area contributed by atoms with Crippen molar-refractivity contribution in [3.63, 3.8) is 0 Å². The van der Waals surface area contributed by atoms with Gasteiger partial charge in [0.1, 0.15) is 0 Å². The van der Waals surface area contributed by atoms with Gasteiger partial charge in [-0.15, -0.1) is 0 Å². The Bertz CT molecular complexity index is 632. The Morgan fingerprint density at radius 1 is 1.14 bits per heavy atom. The van der Waals surface area contributed by atoms with Crippen LogP contribution in [-0.4, -0.2) is 23.9 Å². The van der Waals surface area contributed by atoms with Crippen LogP contribution in [0.5, 0.6) is 0 Å². The lowest BCUT2D eigenvalue weighted by Crippen LogP contribution is -2.35. The summed E-state index contributed by atoms with van der Waals surface area (Å²) in [6.45, 7) is 3.40. The largest absolute Gasteiger partial charge is 0.375 e. The Balaban J connectivity index is 1.96. The Kier molecular flexibility index (Phi) is 6.10. The Hall–Kier alpha value is -1.71. The fraction of sp³-hybridized carbons (Fsp3) is 0.235. The van der Waals surface area contributed by atoms with Crippen molar-refractivity contribution >= 4 is 34.8 Å². The quantitative estimate of drug-likeness (QED) is 0.844. The summed E-state index contributed by atoms with van der Waals surface area (Å²) in [5, 5.41) is 4.17. The van der Waals surface area contributed by atoms with Crippen molar-refractivity contribution < 1.29 is 4.79 Å². The number of rotatable bonds is 6. The highest BCUT2D eigenvalue weighted by molar-refractivity contribution is 6.35.